The van der Waals surface area contributed by atoms with Crippen molar-refractivity contribution in [2.45, 2.75) is 10.9 Å². The predicted molar refractivity (Wildman–Crippen MR) is 64.8 cm³/mol. The third-order valence-corrected chi connectivity index (χ3v) is 4.78. The minimum Gasteiger partial charge on any atom is -0.325 e. The first-order chi connectivity index (χ1) is 8.32. The molecule has 1 aromatic rings. The number of nitro benzene ring substituents is 1. The van der Waals surface area contributed by atoms with Crippen molar-refractivity contribution in [1.29, 1.82) is 0 Å². The summed E-state index contributed by atoms with van der Waals surface area (Å²) in [7, 11) is -3.72. The number of rotatable bonds is 3. The van der Waals surface area contributed by atoms with Gasteiger partial charge in [0, 0.05) is 25.2 Å². The smallest absolute Gasteiger partial charge is 0.289 e. The number of sulfonamides is 1. The maximum atomic E-state index is 12.1. The maximum absolute atomic E-state index is 12.1. The van der Waals surface area contributed by atoms with Gasteiger partial charge < -0.3 is 5.73 Å². The maximum Gasteiger partial charge on any atom is 0.289 e. The molecule has 2 rings (SSSR count). The van der Waals surface area contributed by atoms with Crippen molar-refractivity contribution in [2.24, 2.45) is 5.73 Å². The van der Waals surface area contributed by atoms with Crippen molar-refractivity contribution in [1.82, 2.24) is 4.31 Å². The van der Waals surface area contributed by atoms with E-state index < -0.39 is 20.6 Å². The van der Waals surface area contributed by atoms with Crippen molar-refractivity contribution in [3.8, 4) is 0 Å². The minimum absolute atomic E-state index is 0.0979. The Labute approximate surface area is 108 Å². The highest BCUT2D eigenvalue weighted by Crippen LogP contribution is 2.29. The van der Waals surface area contributed by atoms with Gasteiger partial charge in [0.15, 0.2) is 0 Å². The van der Waals surface area contributed by atoms with E-state index in [2.05, 4.69) is 0 Å². The van der Waals surface area contributed by atoms with Crippen LogP contribution in [0, 0.1) is 10.1 Å². The SMILES string of the molecule is NC1CN(S(=O)(=O)c2ccc(Cl)c([N+](=O)[O-])c2)C1. The molecular formula is C9H10ClN3O4S. The number of hydrogen-bond acceptors (Lipinski definition) is 5. The summed E-state index contributed by atoms with van der Waals surface area (Å²) in [6, 6.07) is 3.23. The van der Waals surface area contributed by atoms with E-state index in [1.54, 1.807) is 0 Å². The van der Waals surface area contributed by atoms with Crippen LogP contribution in [0.1, 0.15) is 0 Å². The monoisotopic (exact) mass is 291 g/mol. The van der Waals surface area contributed by atoms with Crippen molar-refractivity contribution in [3.05, 3.63) is 33.3 Å². The molecule has 0 aliphatic carbocycles. The van der Waals surface area contributed by atoms with E-state index in [0.717, 1.165) is 6.07 Å². The molecule has 1 aliphatic heterocycles. The van der Waals surface area contributed by atoms with E-state index in [9.17, 15) is 18.5 Å². The normalized spacial score (nSPS) is 17.4. The van der Waals surface area contributed by atoms with Crippen LogP contribution in [0.5, 0.6) is 0 Å². The Bertz CT molecular complexity index is 598. The molecule has 2 N–H and O–H groups in total. The summed E-state index contributed by atoms with van der Waals surface area (Å²) in [4.78, 5) is 9.83. The van der Waals surface area contributed by atoms with Crippen LogP contribution >= 0.6 is 11.6 Å². The lowest BCUT2D eigenvalue weighted by Crippen LogP contribution is -2.57. The molecule has 1 heterocycles. The minimum atomic E-state index is -3.72. The Kier molecular flexibility index (Phi) is 3.28. The van der Waals surface area contributed by atoms with E-state index in [4.69, 9.17) is 17.3 Å². The summed E-state index contributed by atoms with van der Waals surface area (Å²) in [5.41, 5.74) is 5.08. The van der Waals surface area contributed by atoms with Crippen LogP contribution in [-0.4, -0.2) is 36.8 Å². The lowest BCUT2D eigenvalue weighted by Gasteiger charge is -2.35. The molecular weight excluding hydrogens is 282 g/mol. The fraction of sp³-hybridized carbons (Fsp3) is 0.333. The second-order valence-electron chi connectivity index (χ2n) is 3.95. The largest absolute Gasteiger partial charge is 0.325 e. The third-order valence-electron chi connectivity index (χ3n) is 2.63. The molecule has 0 amide bonds. The molecule has 1 fully saturated rings. The van der Waals surface area contributed by atoms with Crippen LogP contribution in [0.3, 0.4) is 0 Å². The first-order valence-electron chi connectivity index (χ1n) is 5.02. The van der Waals surface area contributed by atoms with Crippen molar-refractivity contribution in [3.63, 3.8) is 0 Å². The van der Waals surface area contributed by atoms with Gasteiger partial charge in [-0.25, -0.2) is 8.42 Å². The molecule has 0 spiro atoms. The standard InChI is InChI=1S/C9H10ClN3O4S/c10-8-2-1-7(3-9(8)13(14)15)18(16,17)12-4-6(11)5-12/h1-3,6H,4-5,11H2. The molecule has 1 aliphatic rings. The Balaban J connectivity index is 2.40. The Morgan fingerprint density at radius 3 is 2.56 bits per heavy atom. The number of hydrogen-bond donors (Lipinski definition) is 1. The van der Waals surface area contributed by atoms with Gasteiger partial charge in [-0.2, -0.15) is 4.31 Å². The number of benzene rings is 1. The van der Waals surface area contributed by atoms with Crippen LogP contribution in [0.2, 0.25) is 5.02 Å². The zero-order valence-electron chi connectivity index (χ0n) is 9.11. The molecule has 0 radical (unpaired) electrons. The van der Waals surface area contributed by atoms with Gasteiger partial charge in [-0.05, 0) is 12.1 Å². The summed E-state index contributed by atoms with van der Waals surface area (Å²) in [6.07, 6.45) is 0. The lowest BCUT2D eigenvalue weighted by atomic mass is 10.2. The second-order valence-corrected chi connectivity index (χ2v) is 6.30. The van der Waals surface area contributed by atoms with Crippen LogP contribution in [0.4, 0.5) is 5.69 Å². The zero-order valence-corrected chi connectivity index (χ0v) is 10.7. The summed E-state index contributed by atoms with van der Waals surface area (Å²) in [5, 5.41) is 10.6. The molecule has 0 unspecified atom stereocenters. The van der Waals surface area contributed by atoms with Crippen molar-refractivity contribution in [2.75, 3.05) is 13.1 Å². The molecule has 98 valence electrons. The predicted octanol–water partition coefficient (Wildman–Crippen LogP) is 0.580. The molecule has 9 heteroatoms. The first kappa shape index (κ1) is 13.2. The van der Waals surface area contributed by atoms with Crippen LogP contribution in [0.25, 0.3) is 0 Å². The van der Waals surface area contributed by atoms with E-state index in [0.29, 0.717) is 0 Å². The number of nitrogens with zero attached hydrogens (tertiary/aromatic N) is 2. The van der Waals surface area contributed by atoms with Gasteiger partial charge in [0.1, 0.15) is 5.02 Å². The third kappa shape index (κ3) is 2.19. The van der Waals surface area contributed by atoms with E-state index >= 15 is 0 Å². The van der Waals surface area contributed by atoms with Gasteiger partial charge >= 0.3 is 0 Å². The lowest BCUT2D eigenvalue weighted by molar-refractivity contribution is -0.384. The summed E-state index contributed by atoms with van der Waals surface area (Å²) in [6.45, 7) is 0.442. The average molecular weight is 292 g/mol. The Morgan fingerprint density at radius 2 is 2.06 bits per heavy atom. The summed E-state index contributed by atoms with van der Waals surface area (Å²) >= 11 is 5.62. The van der Waals surface area contributed by atoms with E-state index in [1.807, 2.05) is 0 Å². The molecule has 7 nitrogen and oxygen atoms in total. The Morgan fingerprint density at radius 1 is 1.44 bits per heavy atom. The van der Waals surface area contributed by atoms with E-state index in [-0.39, 0.29) is 29.0 Å². The van der Waals surface area contributed by atoms with Crippen molar-refractivity contribution >= 4 is 27.3 Å². The molecule has 1 aromatic carbocycles. The zero-order chi connectivity index (χ0) is 13.5. The highest BCUT2D eigenvalue weighted by molar-refractivity contribution is 7.89. The van der Waals surface area contributed by atoms with Gasteiger partial charge in [-0.1, -0.05) is 11.6 Å². The summed E-state index contributed by atoms with van der Waals surface area (Å²) < 4.78 is 25.3. The van der Waals surface area contributed by atoms with Crippen LogP contribution in [-0.2, 0) is 10.0 Å². The van der Waals surface area contributed by atoms with Gasteiger partial charge in [0.05, 0.1) is 9.82 Å². The van der Waals surface area contributed by atoms with Crippen LogP contribution in [0.15, 0.2) is 23.1 Å². The van der Waals surface area contributed by atoms with Crippen LogP contribution < -0.4 is 5.73 Å². The molecule has 0 bridgehead atoms. The molecule has 1 saturated heterocycles. The highest BCUT2D eigenvalue weighted by atomic mass is 35.5. The fourth-order valence-corrected chi connectivity index (χ4v) is 3.37. The number of nitrogens with two attached hydrogens (primary N) is 1. The van der Waals surface area contributed by atoms with Gasteiger partial charge in [-0.3, -0.25) is 10.1 Å². The second kappa shape index (κ2) is 4.47. The average Bonchev–Trinajstić information content (AvgIpc) is 2.24. The fourth-order valence-electron chi connectivity index (χ4n) is 1.61. The van der Waals surface area contributed by atoms with Gasteiger partial charge in [0.2, 0.25) is 10.0 Å². The number of halogens is 1. The Hall–Kier alpha value is -1.22. The quantitative estimate of drug-likeness (QED) is 0.647. The molecule has 0 aromatic heterocycles. The molecule has 18 heavy (non-hydrogen) atoms. The summed E-state index contributed by atoms with van der Waals surface area (Å²) in [5.74, 6) is 0. The van der Waals surface area contributed by atoms with Gasteiger partial charge in [0.25, 0.3) is 5.69 Å². The topological polar surface area (TPSA) is 107 Å². The molecule has 0 saturated carbocycles. The number of nitro groups is 1. The van der Waals surface area contributed by atoms with Crippen molar-refractivity contribution < 1.29 is 13.3 Å². The van der Waals surface area contributed by atoms with E-state index in [1.165, 1.54) is 16.4 Å². The molecule has 0 atom stereocenters. The first-order valence-corrected chi connectivity index (χ1v) is 6.84. The van der Waals surface area contributed by atoms with Gasteiger partial charge in [-0.15, -0.1) is 0 Å². The highest BCUT2D eigenvalue weighted by Gasteiger charge is 2.35.